The van der Waals surface area contributed by atoms with Crippen molar-refractivity contribution in [3.63, 3.8) is 0 Å². The van der Waals surface area contributed by atoms with Crippen molar-refractivity contribution in [2.75, 3.05) is 30.4 Å². The summed E-state index contributed by atoms with van der Waals surface area (Å²) < 4.78 is 36.6. The van der Waals surface area contributed by atoms with Crippen LogP contribution in [0.2, 0.25) is 0 Å². The summed E-state index contributed by atoms with van der Waals surface area (Å²) in [6.07, 6.45) is 3.68. The van der Waals surface area contributed by atoms with Crippen molar-refractivity contribution in [3.8, 4) is 11.5 Å². The molecule has 33 heavy (non-hydrogen) atoms. The van der Waals surface area contributed by atoms with Gasteiger partial charge in [0.15, 0.2) is 21.3 Å². The maximum Gasteiger partial charge on any atom is 0.228 e. The van der Waals surface area contributed by atoms with Gasteiger partial charge in [-0.1, -0.05) is 60.7 Å². The van der Waals surface area contributed by atoms with Crippen molar-refractivity contribution < 1.29 is 22.7 Å². The molecule has 0 unspecified atom stereocenters. The van der Waals surface area contributed by atoms with Crippen LogP contribution in [0.3, 0.4) is 0 Å². The first kappa shape index (κ1) is 22.6. The van der Waals surface area contributed by atoms with Gasteiger partial charge in [0.25, 0.3) is 0 Å². The summed E-state index contributed by atoms with van der Waals surface area (Å²) in [6, 6.07) is 23.3. The highest BCUT2D eigenvalue weighted by atomic mass is 32.2. The standard InChI is InChI=1S/C26H25NO5S/c28-26(15-19-33(29,30)23-11-5-2-6-12-23)27(16-7-10-21-8-3-1-4-9-21)22-13-14-24-25(20-22)32-18-17-31-24/h1-14,20H,15-19H2/b10-7+. The Bertz CT molecular complexity index is 1220. The van der Waals surface area contributed by atoms with Crippen LogP contribution in [-0.2, 0) is 14.6 Å². The van der Waals surface area contributed by atoms with E-state index in [1.165, 1.54) is 0 Å². The van der Waals surface area contributed by atoms with Crippen molar-refractivity contribution in [2.45, 2.75) is 11.3 Å². The van der Waals surface area contributed by atoms with E-state index in [1.807, 2.05) is 42.5 Å². The predicted molar refractivity (Wildman–Crippen MR) is 128 cm³/mol. The Hall–Kier alpha value is -3.58. The minimum atomic E-state index is -3.56. The number of nitrogens with zero attached hydrogens (tertiary/aromatic N) is 1. The predicted octanol–water partition coefficient (Wildman–Crippen LogP) is 4.37. The Balaban J connectivity index is 1.54. The molecule has 0 bridgehead atoms. The number of carbonyl (C=O) groups is 1. The van der Waals surface area contributed by atoms with E-state index in [1.54, 1.807) is 53.4 Å². The molecule has 170 valence electrons. The lowest BCUT2D eigenvalue weighted by molar-refractivity contribution is -0.118. The zero-order valence-corrected chi connectivity index (χ0v) is 18.9. The number of carbonyl (C=O) groups excluding carboxylic acids is 1. The number of rotatable bonds is 8. The first-order valence-electron chi connectivity index (χ1n) is 10.7. The third kappa shape index (κ3) is 5.81. The Morgan fingerprint density at radius 3 is 2.27 bits per heavy atom. The number of anilines is 1. The summed E-state index contributed by atoms with van der Waals surface area (Å²) in [7, 11) is -3.56. The average molecular weight is 464 g/mol. The van der Waals surface area contributed by atoms with Gasteiger partial charge in [-0.25, -0.2) is 8.42 Å². The Morgan fingerprint density at radius 2 is 1.55 bits per heavy atom. The minimum Gasteiger partial charge on any atom is -0.486 e. The monoisotopic (exact) mass is 463 g/mol. The number of hydrogen-bond acceptors (Lipinski definition) is 5. The van der Waals surface area contributed by atoms with E-state index in [0.717, 1.165) is 5.56 Å². The van der Waals surface area contributed by atoms with Gasteiger partial charge in [-0.05, 0) is 29.8 Å². The summed E-state index contributed by atoms with van der Waals surface area (Å²) >= 11 is 0. The molecule has 0 radical (unpaired) electrons. The molecule has 6 nitrogen and oxygen atoms in total. The van der Waals surface area contributed by atoms with Crippen molar-refractivity contribution >= 4 is 27.5 Å². The smallest absolute Gasteiger partial charge is 0.228 e. The van der Waals surface area contributed by atoms with E-state index in [-0.39, 0.29) is 23.0 Å². The lowest BCUT2D eigenvalue weighted by Gasteiger charge is -2.24. The molecule has 3 aromatic rings. The van der Waals surface area contributed by atoms with Gasteiger partial charge in [0.1, 0.15) is 13.2 Å². The fourth-order valence-electron chi connectivity index (χ4n) is 3.51. The van der Waals surface area contributed by atoms with E-state index in [9.17, 15) is 13.2 Å². The van der Waals surface area contributed by atoms with Crippen LogP contribution in [0.25, 0.3) is 6.08 Å². The van der Waals surface area contributed by atoms with Crippen LogP contribution in [0.5, 0.6) is 11.5 Å². The maximum atomic E-state index is 13.2. The molecule has 0 spiro atoms. The van der Waals surface area contributed by atoms with Gasteiger partial charge >= 0.3 is 0 Å². The first-order valence-corrected chi connectivity index (χ1v) is 12.4. The quantitative estimate of drug-likeness (QED) is 0.496. The van der Waals surface area contributed by atoms with Crippen LogP contribution in [0.1, 0.15) is 12.0 Å². The molecule has 4 rings (SSSR count). The van der Waals surface area contributed by atoms with Gasteiger partial charge in [0.2, 0.25) is 5.91 Å². The van der Waals surface area contributed by atoms with Crippen LogP contribution >= 0.6 is 0 Å². The summed E-state index contributed by atoms with van der Waals surface area (Å²) in [5.74, 6) is 0.646. The Morgan fingerprint density at radius 1 is 0.879 bits per heavy atom. The van der Waals surface area contributed by atoms with Gasteiger partial charge in [0, 0.05) is 24.7 Å². The van der Waals surface area contributed by atoms with Crippen LogP contribution in [0, 0.1) is 0 Å². The van der Waals surface area contributed by atoms with Gasteiger partial charge in [-0.3, -0.25) is 4.79 Å². The van der Waals surface area contributed by atoms with E-state index >= 15 is 0 Å². The maximum absolute atomic E-state index is 13.2. The van der Waals surface area contributed by atoms with Crippen molar-refractivity contribution in [1.82, 2.24) is 0 Å². The van der Waals surface area contributed by atoms with Gasteiger partial charge < -0.3 is 14.4 Å². The summed E-state index contributed by atoms with van der Waals surface area (Å²) in [5, 5.41) is 0. The second kappa shape index (κ2) is 10.4. The molecule has 0 aromatic heterocycles. The molecule has 1 heterocycles. The molecule has 1 amide bonds. The Kier molecular flexibility index (Phi) is 7.10. The minimum absolute atomic E-state index is 0.134. The molecule has 0 aliphatic carbocycles. The summed E-state index contributed by atoms with van der Waals surface area (Å²) in [6.45, 7) is 1.21. The summed E-state index contributed by atoms with van der Waals surface area (Å²) in [5.41, 5.74) is 1.64. The third-order valence-corrected chi connectivity index (χ3v) is 6.96. The van der Waals surface area contributed by atoms with E-state index < -0.39 is 9.84 Å². The van der Waals surface area contributed by atoms with E-state index in [0.29, 0.717) is 36.9 Å². The fourth-order valence-corrected chi connectivity index (χ4v) is 4.76. The lowest BCUT2D eigenvalue weighted by atomic mass is 10.2. The zero-order valence-electron chi connectivity index (χ0n) is 18.1. The number of fused-ring (bicyclic) bond motifs is 1. The van der Waals surface area contributed by atoms with Gasteiger partial charge in [-0.2, -0.15) is 0 Å². The van der Waals surface area contributed by atoms with E-state index in [2.05, 4.69) is 0 Å². The Labute approximate surface area is 194 Å². The molecule has 0 N–H and O–H groups in total. The van der Waals surface area contributed by atoms with Crippen LogP contribution < -0.4 is 14.4 Å². The number of benzene rings is 3. The van der Waals surface area contributed by atoms with Crippen molar-refractivity contribution in [2.24, 2.45) is 0 Å². The number of sulfone groups is 1. The summed E-state index contributed by atoms with van der Waals surface area (Å²) in [4.78, 5) is 15.0. The third-order valence-electron chi connectivity index (χ3n) is 5.22. The molecule has 0 atom stereocenters. The molecule has 3 aromatic carbocycles. The van der Waals surface area contributed by atoms with Crippen LogP contribution in [0.4, 0.5) is 5.69 Å². The molecular formula is C26H25NO5S. The van der Waals surface area contributed by atoms with Crippen molar-refractivity contribution in [3.05, 3.63) is 90.5 Å². The molecular weight excluding hydrogens is 438 g/mol. The average Bonchev–Trinajstić information content (AvgIpc) is 2.86. The molecule has 7 heteroatoms. The fraction of sp³-hybridized carbons (Fsp3) is 0.192. The van der Waals surface area contributed by atoms with Crippen molar-refractivity contribution in [1.29, 1.82) is 0 Å². The van der Waals surface area contributed by atoms with Gasteiger partial charge in [0.05, 0.1) is 10.6 Å². The molecule has 0 saturated heterocycles. The van der Waals surface area contributed by atoms with Crippen LogP contribution in [0.15, 0.2) is 89.8 Å². The number of hydrogen-bond donors (Lipinski definition) is 0. The highest BCUT2D eigenvalue weighted by Crippen LogP contribution is 2.34. The largest absolute Gasteiger partial charge is 0.486 e. The first-order chi connectivity index (χ1) is 16.0. The lowest BCUT2D eigenvalue weighted by Crippen LogP contribution is -2.32. The van der Waals surface area contributed by atoms with Crippen LogP contribution in [-0.4, -0.2) is 39.8 Å². The van der Waals surface area contributed by atoms with Gasteiger partial charge in [-0.15, -0.1) is 0 Å². The SMILES string of the molecule is O=C(CCS(=O)(=O)c1ccccc1)N(C/C=C/c1ccccc1)c1ccc2c(c1)OCCO2. The molecule has 1 aliphatic heterocycles. The topological polar surface area (TPSA) is 72.9 Å². The highest BCUT2D eigenvalue weighted by Gasteiger charge is 2.22. The second-order valence-corrected chi connectivity index (χ2v) is 9.64. The number of ether oxygens (including phenoxy) is 2. The zero-order chi connectivity index (χ0) is 23.1. The molecule has 1 aliphatic rings. The molecule has 0 saturated carbocycles. The highest BCUT2D eigenvalue weighted by molar-refractivity contribution is 7.91. The normalized spacial score (nSPS) is 13.1. The molecule has 0 fully saturated rings. The second-order valence-electron chi connectivity index (χ2n) is 7.53. The number of amides is 1. The van der Waals surface area contributed by atoms with E-state index in [4.69, 9.17) is 9.47 Å².